The third-order valence-electron chi connectivity index (χ3n) is 1.47. The van der Waals surface area contributed by atoms with Crippen molar-refractivity contribution < 1.29 is 0 Å². The van der Waals surface area contributed by atoms with Crippen LogP contribution < -0.4 is 0 Å². The third kappa shape index (κ3) is 2.39. The van der Waals surface area contributed by atoms with Crippen LogP contribution in [0.5, 0.6) is 0 Å². The summed E-state index contributed by atoms with van der Waals surface area (Å²) in [5, 5.41) is 4.08. The van der Waals surface area contributed by atoms with Crippen LogP contribution in [0.15, 0.2) is 30.9 Å². The molecule has 0 atom stereocenters. The molecule has 0 spiro atoms. The van der Waals surface area contributed by atoms with E-state index in [1.54, 1.807) is 29.3 Å². The van der Waals surface area contributed by atoms with Crippen LogP contribution in [0, 0.1) is 6.92 Å². The minimum absolute atomic E-state index is 0.602. The van der Waals surface area contributed by atoms with E-state index < -0.39 is 0 Å². The van der Waals surface area contributed by atoms with Crippen molar-refractivity contribution >= 4 is 0 Å². The number of hydrogen-bond acceptors (Lipinski definition) is 3. The van der Waals surface area contributed by atoms with E-state index in [1.807, 2.05) is 27.0 Å². The molecule has 0 bridgehead atoms. The van der Waals surface area contributed by atoms with Crippen molar-refractivity contribution in [1.29, 1.82) is 0 Å². The van der Waals surface area contributed by atoms with Crippen LogP contribution in [-0.4, -0.2) is 19.7 Å². The van der Waals surface area contributed by atoms with Crippen molar-refractivity contribution in [1.82, 2.24) is 19.7 Å². The summed E-state index contributed by atoms with van der Waals surface area (Å²) in [5.41, 5.74) is 1.10. The van der Waals surface area contributed by atoms with Gasteiger partial charge in [0.2, 0.25) is 5.95 Å². The van der Waals surface area contributed by atoms with Gasteiger partial charge in [0.05, 0.1) is 6.20 Å². The normalized spacial score (nSPS) is 9.07. The third-order valence-corrected chi connectivity index (χ3v) is 1.47. The van der Waals surface area contributed by atoms with E-state index >= 15 is 0 Å². The molecule has 4 heteroatoms. The number of aromatic nitrogens is 4. The van der Waals surface area contributed by atoms with Crippen molar-refractivity contribution in [2.45, 2.75) is 20.8 Å². The topological polar surface area (TPSA) is 43.6 Å². The highest BCUT2D eigenvalue weighted by Crippen LogP contribution is 1.99. The summed E-state index contributed by atoms with van der Waals surface area (Å²) in [6.07, 6.45) is 7.05. The Morgan fingerprint density at radius 1 is 1.14 bits per heavy atom. The van der Waals surface area contributed by atoms with E-state index in [9.17, 15) is 0 Å². The fraction of sp³-hybridized carbons (Fsp3) is 0.300. The molecule has 0 fully saturated rings. The second kappa shape index (κ2) is 5.11. The number of rotatable bonds is 1. The minimum Gasteiger partial charge on any atom is -0.220 e. The molecule has 0 amide bonds. The molecule has 4 nitrogen and oxygen atoms in total. The molecule has 0 aliphatic carbocycles. The van der Waals surface area contributed by atoms with E-state index in [4.69, 9.17) is 0 Å². The van der Waals surface area contributed by atoms with Crippen LogP contribution in [0.25, 0.3) is 5.95 Å². The van der Waals surface area contributed by atoms with Gasteiger partial charge in [-0.1, -0.05) is 13.8 Å². The van der Waals surface area contributed by atoms with Crippen molar-refractivity contribution in [3.05, 3.63) is 36.4 Å². The van der Waals surface area contributed by atoms with Crippen molar-refractivity contribution in [2.75, 3.05) is 0 Å². The highest BCUT2D eigenvalue weighted by Gasteiger charge is 1.97. The molecule has 0 radical (unpaired) electrons. The fourth-order valence-electron chi connectivity index (χ4n) is 0.932. The van der Waals surface area contributed by atoms with Crippen LogP contribution in [0.2, 0.25) is 0 Å². The summed E-state index contributed by atoms with van der Waals surface area (Å²) in [6.45, 7) is 5.98. The number of hydrogen-bond donors (Lipinski definition) is 0. The Bertz CT molecular complexity index is 367. The monoisotopic (exact) mass is 190 g/mol. The molecule has 2 heterocycles. The van der Waals surface area contributed by atoms with Gasteiger partial charge in [-0.3, -0.25) is 0 Å². The maximum Gasteiger partial charge on any atom is 0.250 e. The Hall–Kier alpha value is -1.71. The van der Waals surface area contributed by atoms with Gasteiger partial charge in [-0.2, -0.15) is 5.10 Å². The first-order chi connectivity index (χ1) is 6.86. The first-order valence-electron chi connectivity index (χ1n) is 4.65. The van der Waals surface area contributed by atoms with Crippen molar-refractivity contribution in [3.8, 4) is 5.95 Å². The van der Waals surface area contributed by atoms with E-state index in [0.717, 1.165) is 5.56 Å². The second-order valence-electron chi connectivity index (χ2n) is 2.51. The zero-order valence-electron chi connectivity index (χ0n) is 8.68. The summed E-state index contributed by atoms with van der Waals surface area (Å²) in [6, 6.07) is 1.78. The standard InChI is InChI=1S/C8H8N4.C2H6/c1-7-5-11-12(6-7)8-9-3-2-4-10-8;1-2/h2-6H,1H3;1-2H3. The largest absolute Gasteiger partial charge is 0.250 e. The maximum atomic E-state index is 4.08. The van der Waals surface area contributed by atoms with Gasteiger partial charge in [0.15, 0.2) is 0 Å². The average molecular weight is 190 g/mol. The van der Waals surface area contributed by atoms with E-state index in [1.165, 1.54) is 0 Å². The van der Waals surface area contributed by atoms with Crippen LogP contribution in [0.3, 0.4) is 0 Å². The first-order valence-corrected chi connectivity index (χ1v) is 4.65. The molecule has 0 N–H and O–H groups in total. The van der Waals surface area contributed by atoms with Crippen LogP contribution >= 0.6 is 0 Å². The predicted molar refractivity (Wildman–Crippen MR) is 55.2 cm³/mol. The molecule has 0 aliphatic rings. The lowest BCUT2D eigenvalue weighted by molar-refractivity contribution is 0.807. The molecule has 14 heavy (non-hydrogen) atoms. The van der Waals surface area contributed by atoms with Gasteiger partial charge in [0.1, 0.15) is 0 Å². The van der Waals surface area contributed by atoms with Crippen LogP contribution in [0.1, 0.15) is 19.4 Å². The molecule has 2 rings (SSSR count). The average Bonchev–Trinajstić information content (AvgIpc) is 2.69. The van der Waals surface area contributed by atoms with Gasteiger partial charge in [0, 0.05) is 18.6 Å². The molecule has 2 aromatic heterocycles. The van der Waals surface area contributed by atoms with Gasteiger partial charge >= 0.3 is 0 Å². The molecular weight excluding hydrogens is 176 g/mol. The van der Waals surface area contributed by atoms with Gasteiger partial charge in [-0.25, -0.2) is 14.6 Å². The Morgan fingerprint density at radius 3 is 2.29 bits per heavy atom. The molecule has 2 aromatic rings. The lowest BCUT2D eigenvalue weighted by Crippen LogP contribution is -1.99. The van der Waals surface area contributed by atoms with Crippen molar-refractivity contribution in [3.63, 3.8) is 0 Å². The Labute approximate surface area is 83.6 Å². The smallest absolute Gasteiger partial charge is 0.220 e. The zero-order valence-corrected chi connectivity index (χ0v) is 8.68. The van der Waals surface area contributed by atoms with Gasteiger partial charge < -0.3 is 0 Å². The first kappa shape index (κ1) is 10.4. The van der Waals surface area contributed by atoms with Crippen LogP contribution in [0.4, 0.5) is 0 Å². The molecule has 0 unspecified atom stereocenters. The van der Waals surface area contributed by atoms with Gasteiger partial charge in [-0.05, 0) is 18.6 Å². The highest BCUT2D eigenvalue weighted by atomic mass is 15.3. The quantitative estimate of drug-likeness (QED) is 0.690. The Morgan fingerprint density at radius 2 is 1.79 bits per heavy atom. The second-order valence-corrected chi connectivity index (χ2v) is 2.51. The summed E-state index contributed by atoms with van der Waals surface area (Å²) >= 11 is 0. The Balaban J connectivity index is 0.000000461. The molecule has 0 aromatic carbocycles. The number of aryl methyl sites for hydroxylation is 1. The molecule has 74 valence electrons. The number of nitrogens with zero attached hydrogens (tertiary/aromatic N) is 4. The van der Waals surface area contributed by atoms with Crippen molar-refractivity contribution in [2.24, 2.45) is 0 Å². The lowest BCUT2D eigenvalue weighted by Gasteiger charge is -1.95. The molecule has 0 aliphatic heterocycles. The summed E-state index contributed by atoms with van der Waals surface area (Å²) in [4.78, 5) is 8.10. The molecule has 0 saturated carbocycles. The van der Waals surface area contributed by atoms with E-state index in [0.29, 0.717) is 5.95 Å². The zero-order chi connectivity index (χ0) is 10.4. The SMILES string of the molecule is CC.Cc1cnn(-c2ncccn2)c1. The van der Waals surface area contributed by atoms with Crippen LogP contribution in [-0.2, 0) is 0 Å². The van der Waals surface area contributed by atoms with E-state index in [-0.39, 0.29) is 0 Å². The summed E-state index contributed by atoms with van der Waals surface area (Å²) < 4.78 is 1.65. The fourth-order valence-corrected chi connectivity index (χ4v) is 0.932. The molecule has 0 saturated heterocycles. The summed E-state index contributed by atoms with van der Waals surface area (Å²) in [5.74, 6) is 0.602. The minimum atomic E-state index is 0.602. The Kier molecular flexibility index (Phi) is 3.79. The highest BCUT2D eigenvalue weighted by molar-refractivity contribution is 5.11. The lowest BCUT2D eigenvalue weighted by atomic mass is 10.4. The van der Waals surface area contributed by atoms with Gasteiger partial charge in [-0.15, -0.1) is 0 Å². The predicted octanol–water partition coefficient (Wildman–Crippen LogP) is 2.00. The van der Waals surface area contributed by atoms with E-state index in [2.05, 4.69) is 15.1 Å². The van der Waals surface area contributed by atoms with Gasteiger partial charge in [0.25, 0.3) is 0 Å². The maximum absolute atomic E-state index is 4.08. The summed E-state index contributed by atoms with van der Waals surface area (Å²) in [7, 11) is 0. The molecular formula is C10H14N4.